The molecule has 4 nitrogen and oxygen atoms in total. The lowest BCUT2D eigenvalue weighted by molar-refractivity contribution is -0.132. The Morgan fingerprint density at radius 2 is 2.17 bits per heavy atom. The van der Waals surface area contributed by atoms with Crippen molar-refractivity contribution in [3.05, 3.63) is 29.8 Å². The molecule has 1 unspecified atom stereocenters. The first-order valence-corrected chi connectivity index (χ1v) is 6.32. The van der Waals surface area contributed by atoms with Crippen LogP contribution in [0.1, 0.15) is 31.4 Å². The van der Waals surface area contributed by atoms with Crippen LogP contribution in [-0.4, -0.2) is 30.5 Å². The van der Waals surface area contributed by atoms with Gasteiger partial charge in [0.15, 0.2) is 6.61 Å². The molecular formula is C14H20N2O2. The maximum absolute atomic E-state index is 11.8. The van der Waals surface area contributed by atoms with Gasteiger partial charge in [0.25, 0.3) is 5.91 Å². The molecule has 0 radical (unpaired) electrons. The summed E-state index contributed by atoms with van der Waals surface area (Å²) in [5, 5.41) is 0. The van der Waals surface area contributed by atoms with Crippen molar-refractivity contribution >= 4 is 5.91 Å². The third-order valence-corrected chi connectivity index (χ3v) is 3.25. The Balaban J connectivity index is 1.95. The van der Waals surface area contributed by atoms with Crippen molar-refractivity contribution in [3.8, 4) is 5.75 Å². The van der Waals surface area contributed by atoms with E-state index in [4.69, 9.17) is 10.5 Å². The molecule has 1 aliphatic carbocycles. The lowest BCUT2D eigenvalue weighted by Crippen LogP contribution is -2.33. The highest BCUT2D eigenvalue weighted by molar-refractivity contribution is 5.78. The molecule has 0 bridgehead atoms. The van der Waals surface area contributed by atoms with Gasteiger partial charge in [0.1, 0.15) is 5.75 Å². The number of carbonyl (C=O) groups excluding carboxylic acids is 1. The van der Waals surface area contributed by atoms with Crippen LogP contribution in [0.2, 0.25) is 0 Å². The molecule has 4 heteroatoms. The van der Waals surface area contributed by atoms with Crippen molar-refractivity contribution < 1.29 is 9.53 Å². The van der Waals surface area contributed by atoms with Crippen molar-refractivity contribution in [1.82, 2.24) is 4.90 Å². The van der Waals surface area contributed by atoms with E-state index >= 15 is 0 Å². The van der Waals surface area contributed by atoms with E-state index in [0.717, 1.165) is 18.4 Å². The maximum Gasteiger partial charge on any atom is 0.260 e. The summed E-state index contributed by atoms with van der Waals surface area (Å²) in [7, 11) is 1.83. The van der Waals surface area contributed by atoms with Crippen LogP contribution in [0, 0.1) is 0 Å². The van der Waals surface area contributed by atoms with Crippen molar-refractivity contribution in [3.63, 3.8) is 0 Å². The van der Waals surface area contributed by atoms with Gasteiger partial charge in [-0.25, -0.2) is 0 Å². The molecule has 18 heavy (non-hydrogen) atoms. The summed E-state index contributed by atoms with van der Waals surface area (Å²) in [5.74, 6) is 0.724. The van der Waals surface area contributed by atoms with Crippen molar-refractivity contribution in [1.29, 1.82) is 0 Å². The van der Waals surface area contributed by atoms with E-state index in [-0.39, 0.29) is 18.6 Å². The van der Waals surface area contributed by atoms with Crippen LogP contribution in [-0.2, 0) is 4.79 Å². The number of amides is 1. The van der Waals surface area contributed by atoms with Gasteiger partial charge in [-0.05, 0) is 25.8 Å². The molecule has 0 aromatic heterocycles. The summed E-state index contributed by atoms with van der Waals surface area (Å²) in [6.07, 6.45) is 2.22. The van der Waals surface area contributed by atoms with Crippen LogP contribution in [0.4, 0.5) is 0 Å². The molecule has 1 aromatic rings. The van der Waals surface area contributed by atoms with E-state index in [1.807, 2.05) is 38.2 Å². The number of carbonyl (C=O) groups is 1. The molecule has 2 N–H and O–H groups in total. The van der Waals surface area contributed by atoms with Gasteiger partial charge in [-0.3, -0.25) is 4.79 Å². The number of benzene rings is 1. The Bertz CT molecular complexity index is 428. The molecule has 1 amide bonds. The number of ether oxygens (including phenoxy) is 1. The number of likely N-dealkylation sites (N-methyl/N-ethyl adjacent to an activating group) is 1. The number of hydrogen-bond donors (Lipinski definition) is 1. The molecule has 1 atom stereocenters. The van der Waals surface area contributed by atoms with E-state index < -0.39 is 0 Å². The first kappa shape index (κ1) is 12.9. The number of nitrogens with two attached hydrogens (primary N) is 1. The molecule has 0 heterocycles. The van der Waals surface area contributed by atoms with Gasteiger partial charge in [-0.1, -0.05) is 18.2 Å². The molecule has 1 aliphatic rings. The zero-order valence-electron chi connectivity index (χ0n) is 10.9. The van der Waals surface area contributed by atoms with Crippen LogP contribution >= 0.6 is 0 Å². The molecule has 0 spiro atoms. The highest BCUT2D eigenvalue weighted by atomic mass is 16.5. The average Bonchev–Trinajstić information content (AvgIpc) is 3.19. The molecule has 0 aliphatic heterocycles. The second-order valence-electron chi connectivity index (χ2n) is 4.85. The van der Waals surface area contributed by atoms with Crippen LogP contribution in [0.3, 0.4) is 0 Å². The molecule has 0 saturated heterocycles. The topological polar surface area (TPSA) is 55.6 Å². The zero-order chi connectivity index (χ0) is 13.1. The van der Waals surface area contributed by atoms with E-state index in [1.54, 1.807) is 4.90 Å². The van der Waals surface area contributed by atoms with Crippen molar-refractivity contribution in [2.75, 3.05) is 13.7 Å². The van der Waals surface area contributed by atoms with Crippen LogP contribution in [0.5, 0.6) is 5.75 Å². The quantitative estimate of drug-likeness (QED) is 0.863. The zero-order valence-corrected chi connectivity index (χ0v) is 10.9. The lowest BCUT2D eigenvalue weighted by Gasteiger charge is -2.18. The van der Waals surface area contributed by atoms with Crippen LogP contribution in [0.25, 0.3) is 0 Å². The highest BCUT2D eigenvalue weighted by Gasteiger charge is 2.29. The van der Waals surface area contributed by atoms with Crippen LogP contribution < -0.4 is 10.5 Å². The second kappa shape index (κ2) is 5.40. The largest absolute Gasteiger partial charge is 0.483 e. The summed E-state index contributed by atoms with van der Waals surface area (Å²) in [6.45, 7) is 1.98. The predicted molar refractivity (Wildman–Crippen MR) is 70.3 cm³/mol. The van der Waals surface area contributed by atoms with Gasteiger partial charge >= 0.3 is 0 Å². The first-order chi connectivity index (χ1) is 8.59. The summed E-state index contributed by atoms with van der Waals surface area (Å²) in [5.41, 5.74) is 6.79. The Kier molecular flexibility index (Phi) is 3.87. The molecule has 98 valence electrons. The average molecular weight is 248 g/mol. The normalized spacial score (nSPS) is 16.2. The maximum atomic E-state index is 11.8. The van der Waals surface area contributed by atoms with Gasteiger partial charge < -0.3 is 15.4 Å². The van der Waals surface area contributed by atoms with Gasteiger partial charge in [0.05, 0.1) is 0 Å². The summed E-state index contributed by atoms with van der Waals surface area (Å²) in [6, 6.07) is 7.90. The second-order valence-corrected chi connectivity index (χ2v) is 4.85. The smallest absolute Gasteiger partial charge is 0.260 e. The fourth-order valence-corrected chi connectivity index (χ4v) is 1.89. The van der Waals surface area contributed by atoms with Gasteiger partial charge in [0, 0.05) is 24.7 Å². The molecule has 1 fully saturated rings. The molecule has 1 saturated carbocycles. The third-order valence-electron chi connectivity index (χ3n) is 3.25. The Labute approximate surface area is 108 Å². The first-order valence-electron chi connectivity index (χ1n) is 6.32. The Morgan fingerprint density at radius 3 is 2.78 bits per heavy atom. The van der Waals surface area contributed by atoms with Gasteiger partial charge in [0.2, 0.25) is 0 Å². The minimum absolute atomic E-state index is 0.0250. The van der Waals surface area contributed by atoms with Crippen molar-refractivity contribution in [2.24, 2.45) is 5.73 Å². The number of rotatable bonds is 5. The van der Waals surface area contributed by atoms with E-state index in [1.165, 1.54) is 0 Å². The Hall–Kier alpha value is -1.55. The standard InChI is InChI=1S/C14H20N2O2/c1-10(15)12-5-3-4-6-13(12)18-9-14(17)16(2)11-7-8-11/h3-6,10-11H,7-9,15H2,1-2H3. The van der Waals surface area contributed by atoms with E-state index in [9.17, 15) is 4.79 Å². The summed E-state index contributed by atoms with van der Waals surface area (Å²) in [4.78, 5) is 13.6. The SMILES string of the molecule is CC(N)c1ccccc1OCC(=O)N(C)C1CC1. The molecular weight excluding hydrogens is 228 g/mol. The minimum atomic E-state index is -0.0996. The number of nitrogens with zero attached hydrogens (tertiary/aromatic N) is 1. The third kappa shape index (κ3) is 3.01. The summed E-state index contributed by atoms with van der Waals surface area (Å²) < 4.78 is 5.59. The minimum Gasteiger partial charge on any atom is -0.483 e. The molecule has 2 rings (SSSR count). The fourth-order valence-electron chi connectivity index (χ4n) is 1.89. The van der Waals surface area contributed by atoms with Gasteiger partial charge in [-0.15, -0.1) is 0 Å². The highest BCUT2D eigenvalue weighted by Crippen LogP contribution is 2.26. The molecule has 1 aromatic carbocycles. The van der Waals surface area contributed by atoms with Crippen molar-refractivity contribution in [2.45, 2.75) is 31.8 Å². The number of hydrogen-bond acceptors (Lipinski definition) is 3. The fraction of sp³-hybridized carbons (Fsp3) is 0.500. The number of para-hydroxylation sites is 1. The monoisotopic (exact) mass is 248 g/mol. The van der Waals surface area contributed by atoms with Crippen LogP contribution in [0.15, 0.2) is 24.3 Å². The predicted octanol–water partition coefficient (Wildman–Crippen LogP) is 1.71. The lowest BCUT2D eigenvalue weighted by atomic mass is 10.1. The van der Waals surface area contributed by atoms with Gasteiger partial charge in [-0.2, -0.15) is 0 Å². The van der Waals surface area contributed by atoms with E-state index in [0.29, 0.717) is 11.8 Å². The Morgan fingerprint density at radius 1 is 1.50 bits per heavy atom. The van der Waals surface area contributed by atoms with E-state index in [2.05, 4.69) is 0 Å². The summed E-state index contributed by atoms with van der Waals surface area (Å²) >= 11 is 0.